The average Bonchev–Trinajstić information content (AvgIpc) is 3.13. The van der Waals surface area contributed by atoms with Crippen LogP contribution >= 0.6 is 0 Å². The fraction of sp³-hybridized carbons (Fsp3) is 0.556. The van der Waals surface area contributed by atoms with Crippen molar-refractivity contribution in [1.29, 1.82) is 0 Å². The van der Waals surface area contributed by atoms with Crippen LogP contribution in [0.2, 0.25) is 0 Å². The molecule has 3 aliphatic rings. The first-order valence-electron chi connectivity index (χ1n) is 13.0. The van der Waals surface area contributed by atoms with E-state index in [0.29, 0.717) is 43.2 Å². The van der Waals surface area contributed by atoms with Crippen LogP contribution in [0.15, 0.2) is 30.3 Å². The molecule has 194 valence electrons. The molecule has 1 aromatic heterocycles. The molecule has 1 amide bonds. The number of anilines is 3. The number of nitrogens with one attached hydrogen (secondary N) is 1. The minimum Gasteiger partial charge on any atom is -0.492 e. The highest BCUT2D eigenvalue weighted by molar-refractivity contribution is 6.03. The van der Waals surface area contributed by atoms with E-state index in [1.54, 1.807) is 6.07 Å². The van der Waals surface area contributed by atoms with Crippen molar-refractivity contribution in [1.82, 2.24) is 9.88 Å². The van der Waals surface area contributed by atoms with E-state index in [0.717, 1.165) is 57.4 Å². The lowest BCUT2D eigenvalue weighted by Gasteiger charge is -2.28. The summed E-state index contributed by atoms with van der Waals surface area (Å²) in [7, 11) is 2.12. The molecule has 2 unspecified atom stereocenters. The van der Waals surface area contributed by atoms with Gasteiger partial charge in [0.25, 0.3) is 5.91 Å². The lowest BCUT2D eigenvalue weighted by molar-refractivity contribution is 0.0322. The number of hydrogen-bond acceptors (Lipinski definition) is 8. The van der Waals surface area contributed by atoms with Gasteiger partial charge in [0.15, 0.2) is 0 Å². The Balaban J connectivity index is 1.32. The summed E-state index contributed by atoms with van der Waals surface area (Å²) in [6.07, 6.45) is 0. The van der Waals surface area contributed by atoms with Gasteiger partial charge < -0.3 is 29.3 Å². The molecule has 1 N–H and O–H groups in total. The maximum absolute atomic E-state index is 13.3. The fourth-order valence-corrected chi connectivity index (χ4v) is 5.09. The monoisotopic (exact) mass is 495 g/mol. The molecule has 0 radical (unpaired) electrons. The first kappa shape index (κ1) is 24.8. The van der Waals surface area contributed by atoms with Crippen LogP contribution < -0.4 is 19.9 Å². The predicted molar refractivity (Wildman–Crippen MR) is 141 cm³/mol. The van der Waals surface area contributed by atoms with Gasteiger partial charge in [-0.25, -0.2) is 4.98 Å². The van der Waals surface area contributed by atoms with Crippen molar-refractivity contribution < 1.29 is 19.0 Å². The van der Waals surface area contributed by atoms with Crippen molar-refractivity contribution in [2.45, 2.75) is 25.8 Å². The highest BCUT2D eigenvalue weighted by Crippen LogP contribution is 2.40. The Morgan fingerprint density at radius 3 is 2.53 bits per heavy atom. The molecule has 5 rings (SSSR count). The Morgan fingerprint density at radius 1 is 1.06 bits per heavy atom. The quantitative estimate of drug-likeness (QED) is 0.628. The third kappa shape index (κ3) is 5.43. The van der Waals surface area contributed by atoms with Crippen LogP contribution in [0, 0.1) is 0 Å². The van der Waals surface area contributed by atoms with E-state index in [9.17, 15) is 4.79 Å². The van der Waals surface area contributed by atoms with Crippen LogP contribution in [0.1, 0.15) is 35.8 Å². The molecule has 9 heteroatoms. The maximum atomic E-state index is 13.3. The van der Waals surface area contributed by atoms with Crippen LogP contribution in [-0.2, 0) is 9.47 Å². The number of hydrogen-bond donors (Lipinski definition) is 1. The fourth-order valence-electron chi connectivity index (χ4n) is 5.09. The number of fused-ring (bicyclic) bond motifs is 1. The summed E-state index contributed by atoms with van der Waals surface area (Å²) in [5.74, 6) is 1.56. The molecule has 2 atom stereocenters. The normalized spacial score (nSPS) is 22.4. The number of pyridine rings is 1. The standard InChI is InChI=1S/C27H37N5O4/c1-19-20(2)30(3)25-5-4-21(16-23(19)25)28-27(33)24-17-22(36-15-8-31-6-11-34-12-7-31)18-26(29-24)32-9-13-35-14-10-32/h4-5,16-20H,6-15H2,1-3H3,(H,28,33). The van der Waals surface area contributed by atoms with Gasteiger partial charge in [-0.05, 0) is 30.7 Å². The zero-order valence-corrected chi connectivity index (χ0v) is 21.5. The second kappa shape index (κ2) is 11.0. The number of carbonyl (C=O) groups excluding carboxylic acids is 1. The Morgan fingerprint density at radius 2 is 1.78 bits per heavy atom. The smallest absolute Gasteiger partial charge is 0.274 e. The first-order chi connectivity index (χ1) is 17.5. The largest absolute Gasteiger partial charge is 0.492 e. The molecule has 9 nitrogen and oxygen atoms in total. The van der Waals surface area contributed by atoms with Crippen molar-refractivity contribution >= 4 is 23.1 Å². The number of rotatable bonds is 7. The molecule has 2 aromatic rings. The Bertz CT molecular complexity index is 1070. The molecule has 2 saturated heterocycles. The number of benzene rings is 1. The van der Waals surface area contributed by atoms with Gasteiger partial charge in [-0.3, -0.25) is 9.69 Å². The lowest BCUT2D eigenvalue weighted by atomic mass is 9.98. The molecule has 4 heterocycles. The van der Waals surface area contributed by atoms with Crippen molar-refractivity contribution in [3.63, 3.8) is 0 Å². The molecule has 3 aliphatic heterocycles. The molecule has 1 aromatic carbocycles. The zero-order valence-electron chi connectivity index (χ0n) is 21.5. The van der Waals surface area contributed by atoms with Crippen molar-refractivity contribution in [2.75, 3.05) is 87.9 Å². The molecule has 0 aliphatic carbocycles. The summed E-state index contributed by atoms with van der Waals surface area (Å²) >= 11 is 0. The summed E-state index contributed by atoms with van der Waals surface area (Å²) in [5, 5.41) is 3.06. The van der Waals surface area contributed by atoms with Crippen molar-refractivity contribution in [2.24, 2.45) is 0 Å². The predicted octanol–water partition coefficient (Wildman–Crippen LogP) is 2.82. The van der Waals surface area contributed by atoms with Crippen molar-refractivity contribution in [3.8, 4) is 5.75 Å². The molecular formula is C27H37N5O4. The molecule has 0 spiro atoms. The summed E-state index contributed by atoms with van der Waals surface area (Å²) in [6, 6.07) is 10.2. The Kier molecular flexibility index (Phi) is 7.59. The molecule has 36 heavy (non-hydrogen) atoms. The first-order valence-corrected chi connectivity index (χ1v) is 13.0. The van der Waals surface area contributed by atoms with Crippen LogP contribution in [0.3, 0.4) is 0 Å². The third-order valence-corrected chi connectivity index (χ3v) is 7.62. The summed E-state index contributed by atoms with van der Waals surface area (Å²) in [6.45, 7) is 11.9. The van der Waals surface area contributed by atoms with E-state index in [1.165, 1.54) is 11.3 Å². The highest BCUT2D eigenvalue weighted by atomic mass is 16.5. The third-order valence-electron chi connectivity index (χ3n) is 7.62. The molecule has 0 bridgehead atoms. The van der Waals surface area contributed by atoms with Crippen LogP contribution in [-0.4, -0.2) is 94.6 Å². The number of likely N-dealkylation sites (N-methyl/N-ethyl adjacent to an activating group) is 1. The van der Waals surface area contributed by atoms with Gasteiger partial charge in [-0.1, -0.05) is 6.92 Å². The Labute approximate surface area is 213 Å². The van der Waals surface area contributed by atoms with Crippen LogP contribution in [0.25, 0.3) is 0 Å². The Hall–Kier alpha value is -2.88. The number of aromatic nitrogens is 1. The van der Waals surface area contributed by atoms with Gasteiger partial charge in [0.1, 0.15) is 23.9 Å². The summed E-state index contributed by atoms with van der Waals surface area (Å²) in [4.78, 5) is 24.8. The minimum absolute atomic E-state index is 0.241. The summed E-state index contributed by atoms with van der Waals surface area (Å²) in [5.41, 5.74) is 3.60. The SMILES string of the molecule is CC1c2cc(NC(=O)c3cc(OCCN4CCOCC4)cc(N4CCOCC4)n3)ccc2N(C)C1C. The van der Waals surface area contributed by atoms with E-state index < -0.39 is 0 Å². The topological polar surface area (TPSA) is 79.4 Å². The van der Waals surface area contributed by atoms with E-state index in [1.807, 2.05) is 12.1 Å². The zero-order chi connectivity index (χ0) is 25.1. The highest BCUT2D eigenvalue weighted by Gasteiger charge is 2.30. The average molecular weight is 496 g/mol. The molecule has 0 saturated carbocycles. The van der Waals surface area contributed by atoms with Crippen molar-refractivity contribution in [3.05, 3.63) is 41.6 Å². The number of amides is 1. The lowest BCUT2D eigenvalue weighted by Crippen LogP contribution is -2.38. The number of carbonyl (C=O) groups is 1. The van der Waals surface area contributed by atoms with Gasteiger partial charge in [0.2, 0.25) is 0 Å². The second-order valence-electron chi connectivity index (χ2n) is 9.82. The van der Waals surface area contributed by atoms with Gasteiger partial charge in [-0.15, -0.1) is 0 Å². The van der Waals surface area contributed by atoms with E-state index in [2.05, 4.69) is 53.0 Å². The van der Waals surface area contributed by atoms with Crippen LogP contribution in [0.5, 0.6) is 5.75 Å². The number of ether oxygens (including phenoxy) is 3. The van der Waals surface area contributed by atoms with Crippen LogP contribution in [0.4, 0.5) is 17.2 Å². The maximum Gasteiger partial charge on any atom is 0.274 e. The summed E-state index contributed by atoms with van der Waals surface area (Å²) < 4.78 is 17.0. The van der Waals surface area contributed by atoms with E-state index >= 15 is 0 Å². The number of nitrogens with zero attached hydrogens (tertiary/aromatic N) is 4. The second-order valence-corrected chi connectivity index (χ2v) is 9.82. The van der Waals surface area contributed by atoms with E-state index in [4.69, 9.17) is 19.2 Å². The van der Waals surface area contributed by atoms with Gasteiger partial charge in [0, 0.05) is 75.2 Å². The minimum atomic E-state index is -0.241. The number of morpholine rings is 2. The van der Waals surface area contributed by atoms with E-state index in [-0.39, 0.29) is 5.91 Å². The van der Waals surface area contributed by atoms with Gasteiger partial charge in [0.05, 0.1) is 26.4 Å². The molecular weight excluding hydrogens is 458 g/mol. The van der Waals surface area contributed by atoms with Gasteiger partial charge >= 0.3 is 0 Å². The molecule has 2 fully saturated rings. The van der Waals surface area contributed by atoms with Gasteiger partial charge in [-0.2, -0.15) is 0 Å².